The molecule has 0 bridgehead atoms. The monoisotopic (exact) mass is 244 g/mol. The van der Waals surface area contributed by atoms with Crippen molar-refractivity contribution in [2.24, 2.45) is 10.7 Å². The van der Waals surface area contributed by atoms with Gasteiger partial charge in [0.2, 0.25) is 0 Å². The van der Waals surface area contributed by atoms with Crippen molar-refractivity contribution >= 4 is 12.4 Å². The van der Waals surface area contributed by atoms with Gasteiger partial charge in [-0.2, -0.15) is 4.99 Å². The molecule has 1 aliphatic heterocycles. The summed E-state index contributed by atoms with van der Waals surface area (Å²) in [7, 11) is 1.70. The third-order valence-electron chi connectivity index (χ3n) is 3.01. The summed E-state index contributed by atoms with van der Waals surface area (Å²) < 4.78 is 0. The van der Waals surface area contributed by atoms with Crippen LogP contribution in [0.5, 0.6) is 0 Å². The number of aliphatic imine (C=N–C) groups is 1. The van der Waals surface area contributed by atoms with Crippen LogP contribution in [0.25, 0.3) is 0 Å². The molecule has 1 aliphatic rings. The Morgan fingerprint density at radius 1 is 1.59 bits per heavy atom. The third-order valence-corrected chi connectivity index (χ3v) is 3.01. The average Bonchev–Trinajstić information content (AvgIpc) is 2.28. The van der Waals surface area contributed by atoms with Crippen molar-refractivity contribution in [2.45, 2.75) is 25.2 Å². The average molecular weight is 244 g/mol. The van der Waals surface area contributed by atoms with Gasteiger partial charge in [-0.25, -0.2) is 4.79 Å². The van der Waals surface area contributed by atoms with Gasteiger partial charge < -0.3 is 20.8 Å². The summed E-state index contributed by atoms with van der Waals surface area (Å²) >= 11 is 0. The zero-order valence-corrected chi connectivity index (χ0v) is 9.99. The number of rotatable bonds is 3. The summed E-state index contributed by atoms with van der Waals surface area (Å²) in [6.07, 6.45) is 1.30. The molecule has 0 aliphatic carbocycles. The second-order valence-corrected chi connectivity index (χ2v) is 4.18. The Hall–Kier alpha value is -1.18. The van der Waals surface area contributed by atoms with E-state index in [9.17, 15) is 4.79 Å². The van der Waals surface area contributed by atoms with Crippen LogP contribution in [0.3, 0.4) is 0 Å². The number of amides is 2. The molecule has 0 saturated carbocycles. The minimum Gasteiger partial charge on any atom is -0.390 e. The fourth-order valence-electron chi connectivity index (χ4n) is 2.03. The van der Waals surface area contributed by atoms with Crippen LogP contribution in [0.2, 0.25) is 0 Å². The van der Waals surface area contributed by atoms with Crippen LogP contribution in [0.15, 0.2) is 4.99 Å². The van der Waals surface area contributed by atoms with Crippen molar-refractivity contribution in [2.75, 3.05) is 26.7 Å². The first-order valence-electron chi connectivity index (χ1n) is 5.64. The van der Waals surface area contributed by atoms with Crippen LogP contribution in [0.1, 0.15) is 12.8 Å². The number of aliphatic hydroxyl groups is 2. The topological polar surface area (TPSA) is 102 Å². The molecular formula is C10H20N4O3. The summed E-state index contributed by atoms with van der Waals surface area (Å²) in [5.74, 6) is 0. The van der Waals surface area contributed by atoms with E-state index in [0.29, 0.717) is 0 Å². The zero-order chi connectivity index (χ0) is 12.8. The van der Waals surface area contributed by atoms with E-state index >= 15 is 0 Å². The van der Waals surface area contributed by atoms with E-state index in [-0.39, 0.29) is 18.6 Å². The van der Waals surface area contributed by atoms with Crippen LogP contribution in [0, 0.1) is 0 Å². The second-order valence-electron chi connectivity index (χ2n) is 4.18. The van der Waals surface area contributed by atoms with E-state index in [1.54, 1.807) is 11.9 Å². The number of carbonyl (C=O) groups excluding carboxylic acids is 1. The highest BCUT2D eigenvalue weighted by Crippen LogP contribution is 2.16. The largest absolute Gasteiger partial charge is 0.390 e. The molecule has 7 heteroatoms. The number of aliphatic hydroxyl groups excluding tert-OH is 1. The number of nitrogens with two attached hydrogens (primary N) is 1. The maximum absolute atomic E-state index is 11.5. The molecule has 7 nitrogen and oxygen atoms in total. The normalized spacial score (nSPS) is 19.1. The lowest BCUT2D eigenvalue weighted by atomic mass is 10.0. The number of urea groups is 1. The number of carbonyl (C=O) groups is 1. The lowest BCUT2D eigenvalue weighted by molar-refractivity contribution is -0.0658. The first kappa shape index (κ1) is 13.9. The first-order chi connectivity index (χ1) is 8.04. The molecule has 1 rings (SSSR count). The molecule has 0 atom stereocenters. The Bertz CT molecular complexity index is 275. The lowest BCUT2D eigenvalue weighted by Gasteiger charge is -2.36. The molecule has 1 fully saturated rings. The Balaban J connectivity index is 2.38. The molecular weight excluding hydrogens is 224 g/mol. The van der Waals surface area contributed by atoms with E-state index in [4.69, 9.17) is 15.9 Å². The van der Waals surface area contributed by atoms with Gasteiger partial charge in [0.25, 0.3) is 0 Å². The third kappa shape index (κ3) is 4.29. The van der Waals surface area contributed by atoms with E-state index < -0.39 is 6.29 Å². The second kappa shape index (κ2) is 6.53. The van der Waals surface area contributed by atoms with Gasteiger partial charge in [-0.3, -0.25) is 4.90 Å². The van der Waals surface area contributed by atoms with Crippen molar-refractivity contribution in [1.29, 1.82) is 0 Å². The highest BCUT2D eigenvalue weighted by Gasteiger charge is 2.25. The van der Waals surface area contributed by atoms with Gasteiger partial charge in [-0.15, -0.1) is 0 Å². The molecule has 0 unspecified atom stereocenters. The van der Waals surface area contributed by atoms with Crippen LogP contribution in [0.4, 0.5) is 4.79 Å². The van der Waals surface area contributed by atoms with Crippen LogP contribution >= 0.6 is 0 Å². The van der Waals surface area contributed by atoms with E-state index in [1.807, 2.05) is 4.90 Å². The first-order valence-corrected chi connectivity index (χ1v) is 5.64. The minimum atomic E-state index is -1.30. The van der Waals surface area contributed by atoms with Crippen molar-refractivity contribution in [3.8, 4) is 0 Å². The van der Waals surface area contributed by atoms with Crippen molar-refractivity contribution < 1.29 is 15.0 Å². The zero-order valence-electron chi connectivity index (χ0n) is 9.99. The summed E-state index contributed by atoms with van der Waals surface area (Å²) in [6.45, 7) is 1.74. The molecule has 1 heterocycles. The molecule has 4 N–H and O–H groups in total. The van der Waals surface area contributed by atoms with E-state index in [1.165, 1.54) is 0 Å². The summed E-state index contributed by atoms with van der Waals surface area (Å²) in [5, 5.41) is 17.7. The Labute approximate surface area is 101 Å². The van der Waals surface area contributed by atoms with Crippen molar-refractivity contribution in [3.05, 3.63) is 0 Å². The lowest BCUT2D eigenvalue weighted by Crippen LogP contribution is -2.46. The summed E-state index contributed by atoms with van der Waals surface area (Å²) in [6, 6.07) is -0.202. The molecule has 0 spiro atoms. The number of hydrogen-bond acceptors (Lipinski definition) is 4. The minimum absolute atomic E-state index is 0.137. The molecule has 0 aromatic carbocycles. The predicted molar refractivity (Wildman–Crippen MR) is 63.5 cm³/mol. The van der Waals surface area contributed by atoms with Gasteiger partial charge in [-0.05, 0) is 12.8 Å². The quantitative estimate of drug-likeness (QED) is 0.329. The standard InChI is InChI=1S/C10H20N4O3/c1-13(10(17)12-7-11)8-2-4-14(5-3-8)6-9(15)16/h7-9,15-16H,2-6H2,1H3,(H2,11,12,17). The Kier molecular flexibility index (Phi) is 5.33. The van der Waals surface area contributed by atoms with Gasteiger partial charge in [-0.1, -0.05) is 0 Å². The Morgan fingerprint density at radius 3 is 2.65 bits per heavy atom. The predicted octanol–water partition coefficient (Wildman–Crippen LogP) is -1.20. The molecule has 0 aromatic heterocycles. The molecule has 0 aromatic rings. The van der Waals surface area contributed by atoms with Crippen LogP contribution < -0.4 is 5.73 Å². The Morgan fingerprint density at radius 2 is 2.18 bits per heavy atom. The van der Waals surface area contributed by atoms with Crippen LogP contribution in [-0.4, -0.2) is 71.4 Å². The van der Waals surface area contributed by atoms with E-state index in [0.717, 1.165) is 32.3 Å². The summed E-state index contributed by atoms with van der Waals surface area (Å²) in [4.78, 5) is 18.5. The van der Waals surface area contributed by atoms with Crippen molar-refractivity contribution in [1.82, 2.24) is 9.80 Å². The SMILES string of the molecule is CN(C(=O)N=CN)C1CCN(CC(O)O)CC1. The number of piperidine rings is 1. The number of nitrogens with zero attached hydrogens (tertiary/aromatic N) is 3. The smallest absolute Gasteiger partial charge is 0.344 e. The van der Waals surface area contributed by atoms with Gasteiger partial charge in [0.05, 0.1) is 6.34 Å². The molecule has 98 valence electrons. The fourth-order valence-corrected chi connectivity index (χ4v) is 2.03. The molecule has 2 amide bonds. The molecule has 1 saturated heterocycles. The van der Waals surface area contributed by atoms with Gasteiger partial charge in [0.15, 0.2) is 6.29 Å². The number of hydrogen-bond donors (Lipinski definition) is 3. The fraction of sp³-hybridized carbons (Fsp3) is 0.800. The highest BCUT2D eigenvalue weighted by atomic mass is 16.5. The van der Waals surface area contributed by atoms with Gasteiger partial charge in [0.1, 0.15) is 0 Å². The maximum atomic E-state index is 11.5. The number of β-amino-alcohol motifs (C(OH)–C–C–N with tert-alkyl or cyclic N) is 2. The van der Waals surface area contributed by atoms with E-state index in [2.05, 4.69) is 4.99 Å². The maximum Gasteiger partial charge on any atom is 0.344 e. The molecule has 0 radical (unpaired) electrons. The number of likely N-dealkylation sites (tertiary alicyclic amines) is 1. The van der Waals surface area contributed by atoms with Crippen LogP contribution in [-0.2, 0) is 0 Å². The summed E-state index contributed by atoms with van der Waals surface area (Å²) in [5.41, 5.74) is 5.07. The van der Waals surface area contributed by atoms with Crippen molar-refractivity contribution in [3.63, 3.8) is 0 Å². The highest BCUT2D eigenvalue weighted by molar-refractivity contribution is 5.82. The van der Waals surface area contributed by atoms with Gasteiger partial charge >= 0.3 is 6.03 Å². The molecule has 17 heavy (non-hydrogen) atoms. The van der Waals surface area contributed by atoms with Gasteiger partial charge in [0, 0.05) is 32.7 Å².